The number of carboxylic acids is 1. The Morgan fingerprint density at radius 2 is 1.61 bits per heavy atom. The summed E-state index contributed by atoms with van der Waals surface area (Å²) in [6, 6.07) is 16.4. The first-order valence-electron chi connectivity index (χ1n) is 11.8. The lowest BCUT2D eigenvalue weighted by atomic mass is 9.74. The highest BCUT2D eigenvalue weighted by Crippen LogP contribution is 2.44. The van der Waals surface area contributed by atoms with Crippen molar-refractivity contribution in [3.05, 3.63) is 71.3 Å². The summed E-state index contributed by atoms with van der Waals surface area (Å²) in [7, 11) is 0. The molecule has 33 heavy (non-hydrogen) atoms. The van der Waals surface area contributed by atoms with E-state index in [2.05, 4.69) is 57.1 Å². The molecule has 1 amide bonds. The Labute approximate surface area is 196 Å². The zero-order valence-corrected chi connectivity index (χ0v) is 20.3. The van der Waals surface area contributed by atoms with Gasteiger partial charge in [-0.3, -0.25) is 9.63 Å². The molecule has 6 heteroatoms. The molecule has 1 fully saturated rings. The Hall–Kier alpha value is -2.70. The van der Waals surface area contributed by atoms with E-state index in [1.807, 2.05) is 18.2 Å². The fourth-order valence-electron chi connectivity index (χ4n) is 5.20. The molecule has 1 aliphatic rings. The molecule has 1 aliphatic heterocycles. The molecule has 3 rings (SSSR count). The SMILES string of the molecule is CCC1(CC)CC(NC(=O)c2ccccc2C(=O)O)CC(C)(C)N1OC(C)c1ccccc1. The summed E-state index contributed by atoms with van der Waals surface area (Å²) in [5.41, 5.74) is 0.740. The van der Waals surface area contributed by atoms with Crippen LogP contribution in [0.4, 0.5) is 0 Å². The predicted molar refractivity (Wildman–Crippen MR) is 129 cm³/mol. The Balaban J connectivity index is 1.84. The second kappa shape index (κ2) is 10.1. The lowest BCUT2D eigenvalue weighted by molar-refractivity contribution is -0.316. The van der Waals surface area contributed by atoms with Gasteiger partial charge in [0, 0.05) is 17.1 Å². The highest BCUT2D eigenvalue weighted by atomic mass is 16.7. The van der Waals surface area contributed by atoms with Gasteiger partial charge in [0.1, 0.15) is 6.10 Å². The molecule has 0 spiro atoms. The summed E-state index contributed by atoms with van der Waals surface area (Å²) in [5.74, 6) is -1.45. The maximum absolute atomic E-state index is 13.1. The van der Waals surface area contributed by atoms with Crippen molar-refractivity contribution in [3.8, 4) is 0 Å². The summed E-state index contributed by atoms with van der Waals surface area (Å²) in [6.45, 7) is 10.7. The minimum atomic E-state index is -1.10. The van der Waals surface area contributed by atoms with Gasteiger partial charge in [0.2, 0.25) is 0 Å². The van der Waals surface area contributed by atoms with Crippen LogP contribution in [0.15, 0.2) is 54.6 Å². The number of amides is 1. The van der Waals surface area contributed by atoms with Crippen molar-refractivity contribution in [3.63, 3.8) is 0 Å². The van der Waals surface area contributed by atoms with Gasteiger partial charge in [0.25, 0.3) is 5.91 Å². The van der Waals surface area contributed by atoms with Crippen LogP contribution in [0.2, 0.25) is 0 Å². The quantitative estimate of drug-likeness (QED) is 0.544. The maximum Gasteiger partial charge on any atom is 0.336 e. The zero-order valence-electron chi connectivity index (χ0n) is 20.3. The predicted octanol–water partition coefficient (Wildman–Crippen LogP) is 5.61. The summed E-state index contributed by atoms with van der Waals surface area (Å²) < 4.78 is 0. The average Bonchev–Trinajstić information content (AvgIpc) is 2.80. The van der Waals surface area contributed by atoms with Crippen molar-refractivity contribution in [1.29, 1.82) is 0 Å². The van der Waals surface area contributed by atoms with E-state index in [1.54, 1.807) is 18.2 Å². The molecule has 2 aromatic rings. The van der Waals surface area contributed by atoms with Gasteiger partial charge in [-0.15, -0.1) is 0 Å². The number of aromatic carboxylic acids is 1. The molecule has 1 saturated heterocycles. The van der Waals surface area contributed by atoms with E-state index in [1.165, 1.54) is 6.07 Å². The third-order valence-corrected chi connectivity index (χ3v) is 6.94. The standard InChI is InChI=1S/C27H36N2O4/c1-6-27(7-2)18-21(28-24(30)22-15-11-12-16-23(22)25(31)32)17-26(4,5)29(27)33-19(3)20-13-9-8-10-14-20/h8-16,19,21H,6-7,17-18H2,1-5H3,(H,28,30)(H,31,32). The third kappa shape index (κ3) is 5.28. The van der Waals surface area contributed by atoms with Gasteiger partial charge < -0.3 is 10.4 Å². The number of nitrogens with zero attached hydrogens (tertiary/aromatic N) is 1. The number of piperidine rings is 1. The van der Waals surface area contributed by atoms with E-state index in [4.69, 9.17) is 4.84 Å². The Morgan fingerprint density at radius 1 is 1.03 bits per heavy atom. The van der Waals surface area contributed by atoms with Gasteiger partial charge in [0.15, 0.2) is 0 Å². The molecule has 2 N–H and O–H groups in total. The first-order valence-corrected chi connectivity index (χ1v) is 11.8. The zero-order chi connectivity index (χ0) is 24.2. The molecule has 0 aliphatic carbocycles. The van der Waals surface area contributed by atoms with E-state index in [9.17, 15) is 14.7 Å². The molecule has 0 radical (unpaired) electrons. The van der Waals surface area contributed by atoms with Crippen LogP contribution in [0.3, 0.4) is 0 Å². The normalized spacial score (nSPS) is 20.7. The van der Waals surface area contributed by atoms with Crippen LogP contribution in [-0.2, 0) is 4.84 Å². The first-order chi connectivity index (χ1) is 15.6. The van der Waals surface area contributed by atoms with E-state index in [-0.39, 0.29) is 40.3 Å². The van der Waals surface area contributed by atoms with E-state index in [0.29, 0.717) is 6.42 Å². The van der Waals surface area contributed by atoms with Crippen LogP contribution >= 0.6 is 0 Å². The molecule has 0 aromatic heterocycles. The Morgan fingerprint density at radius 3 is 2.18 bits per heavy atom. The summed E-state index contributed by atoms with van der Waals surface area (Å²) in [6.07, 6.45) is 3.05. The molecule has 178 valence electrons. The minimum Gasteiger partial charge on any atom is -0.478 e. The molecule has 0 bridgehead atoms. The number of carbonyl (C=O) groups excluding carboxylic acids is 1. The molecular weight excluding hydrogens is 416 g/mol. The fourth-order valence-corrected chi connectivity index (χ4v) is 5.20. The lowest BCUT2D eigenvalue weighted by Gasteiger charge is -2.57. The highest BCUT2D eigenvalue weighted by molar-refractivity contribution is 6.04. The summed E-state index contributed by atoms with van der Waals surface area (Å²) >= 11 is 0. The van der Waals surface area contributed by atoms with Gasteiger partial charge in [-0.1, -0.05) is 56.3 Å². The third-order valence-electron chi connectivity index (χ3n) is 6.94. The molecule has 0 saturated carbocycles. The van der Waals surface area contributed by atoms with Crippen LogP contribution in [0.5, 0.6) is 0 Å². The molecule has 6 nitrogen and oxygen atoms in total. The Bertz CT molecular complexity index is 969. The number of benzene rings is 2. The van der Waals surface area contributed by atoms with Crippen LogP contribution in [0.1, 0.15) is 92.7 Å². The van der Waals surface area contributed by atoms with Gasteiger partial charge in [-0.25, -0.2) is 4.79 Å². The summed E-state index contributed by atoms with van der Waals surface area (Å²) in [5, 5.41) is 14.8. The topological polar surface area (TPSA) is 78.9 Å². The number of carbonyl (C=O) groups is 2. The maximum atomic E-state index is 13.1. The van der Waals surface area contributed by atoms with E-state index < -0.39 is 5.97 Å². The van der Waals surface area contributed by atoms with Gasteiger partial charge in [-0.05, 0) is 64.2 Å². The van der Waals surface area contributed by atoms with Gasteiger partial charge >= 0.3 is 5.97 Å². The van der Waals surface area contributed by atoms with E-state index in [0.717, 1.165) is 24.8 Å². The first kappa shape index (κ1) is 24.9. The molecule has 2 atom stereocenters. The smallest absolute Gasteiger partial charge is 0.336 e. The van der Waals surface area contributed by atoms with Crippen LogP contribution in [-0.4, -0.2) is 39.2 Å². The lowest BCUT2D eigenvalue weighted by Crippen LogP contribution is -2.66. The van der Waals surface area contributed by atoms with Crippen molar-refractivity contribution in [1.82, 2.24) is 10.4 Å². The number of rotatable bonds is 8. The molecule has 2 aromatic carbocycles. The second-order valence-corrected chi connectivity index (χ2v) is 9.63. The molecule has 2 unspecified atom stereocenters. The van der Waals surface area contributed by atoms with Crippen molar-refractivity contribution in [2.24, 2.45) is 0 Å². The van der Waals surface area contributed by atoms with Crippen LogP contribution < -0.4 is 5.32 Å². The van der Waals surface area contributed by atoms with Crippen molar-refractivity contribution in [2.75, 3.05) is 0 Å². The molecule has 1 heterocycles. The number of hydrogen-bond acceptors (Lipinski definition) is 4. The van der Waals surface area contributed by atoms with Crippen molar-refractivity contribution >= 4 is 11.9 Å². The number of carboxylic acid groups (broad SMARTS) is 1. The monoisotopic (exact) mass is 452 g/mol. The van der Waals surface area contributed by atoms with Gasteiger partial charge in [0.05, 0.1) is 11.1 Å². The molecular formula is C27H36N2O4. The largest absolute Gasteiger partial charge is 0.478 e. The van der Waals surface area contributed by atoms with Crippen LogP contribution in [0.25, 0.3) is 0 Å². The number of hydrogen-bond donors (Lipinski definition) is 2. The van der Waals surface area contributed by atoms with Crippen LogP contribution in [0, 0.1) is 0 Å². The number of hydroxylamine groups is 2. The average molecular weight is 453 g/mol. The Kier molecular flexibility index (Phi) is 7.60. The van der Waals surface area contributed by atoms with E-state index >= 15 is 0 Å². The summed E-state index contributed by atoms with van der Waals surface area (Å²) in [4.78, 5) is 31.3. The number of nitrogens with one attached hydrogen (secondary N) is 1. The van der Waals surface area contributed by atoms with Gasteiger partial charge in [-0.2, -0.15) is 5.06 Å². The fraction of sp³-hybridized carbons (Fsp3) is 0.481. The van der Waals surface area contributed by atoms with Crippen molar-refractivity contribution in [2.45, 2.75) is 83.5 Å². The highest BCUT2D eigenvalue weighted by Gasteiger charge is 2.50. The second-order valence-electron chi connectivity index (χ2n) is 9.63. The van der Waals surface area contributed by atoms with Crippen molar-refractivity contribution < 1.29 is 19.5 Å². The minimum absolute atomic E-state index is 0.0176.